The first-order valence-corrected chi connectivity index (χ1v) is 9.09. The van der Waals surface area contributed by atoms with E-state index in [0.717, 1.165) is 12.8 Å². The lowest BCUT2D eigenvalue weighted by atomic mass is 10.2. The summed E-state index contributed by atoms with van der Waals surface area (Å²) >= 11 is 0. The van der Waals surface area contributed by atoms with Crippen molar-refractivity contribution in [2.75, 3.05) is 7.11 Å². The molecule has 2 N–H and O–H groups in total. The minimum atomic E-state index is -0.755. The van der Waals surface area contributed by atoms with Gasteiger partial charge in [-0.3, -0.25) is 14.3 Å². The van der Waals surface area contributed by atoms with Gasteiger partial charge in [0.15, 0.2) is 11.2 Å². The number of nitrogens with zero attached hydrogens (tertiary/aromatic N) is 3. The van der Waals surface area contributed by atoms with Crippen LogP contribution in [0.25, 0.3) is 11.2 Å². The molecule has 3 aromatic rings. The summed E-state index contributed by atoms with van der Waals surface area (Å²) in [4.78, 5) is 43.3. The Hall–Kier alpha value is -3.56. The number of aromatic hydroxyl groups is 1. The van der Waals surface area contributed by atoms with E-state index in [0.29, 0.717) is 18.1 Å². The highest BCUT2D eigenvalue weighted by molar-refractivity contribution is 5.92. The van der Waals surface area contributed by atoms with E-state index in [9.17, 15) is 19.5 Å². The number of aryl methyl sites for hydroxylation is 2. The Balaban J connectivity index is 1.90. The van der Waals surface area contributed by atoms with Crippen LogP contribution in [0.15, 0.2) is 27.8 Å². The van der Waals surface area contributed by atoms with Crippen molar-refractivity contribution in [1.82, 2.24) is 19.1 Å². The molecule has 154 valence electrons. The largest absolute Gasteiger partial charge is 0.507 e. The van der Waals surface area contributed by atoms with Crippen molar-refractivity contribution in [2.45, 2.75) is 32.9 Å². The molecule has 0 unspecified atom stereocenters. The van der Waals surface area contributed by atoms with Crippen LogP contribution in [0.2, 0.25) is 0 Å². The number of methoxy groups -OCH3 is 1. The third-order valence-corrected chi connectivity index (χ3v) is 4.60. The first-order valence-electron chi connectivity index (χ1n) is 9.09. The highest BCUT2D eigenvalue weighted by atomic mass is 16.5. The Morgan fingerprint density at radius 3 is 2.72 bits per heavy atom. The molecule has 0 atom stereocenters. The van der Waals surface area contributed by atoms with Gasteiger partial charge in [0.2, 0.25) is 0 Å². The first kappa shape index (κ1) is 20.2. The molecule has 0 aliphatic carbocycles. The Labute approximate surface area is 165 Å². The van der Waals surface area contributed by atoms with Gasteiger partial charge in [0.25, 0.3) is 5.56 Å². The number of hydrogen-bond acceptors (Lipinski definition) is 7. The van der Waals surface area contributed by atoms with Crippen LogP contribution in [-0.4, -0.2) is 37.3 Å². The lowest BCUT2D eigenvalue weighted by Gasteiger charge is -2.07. The summed E-state index contributed by atoms with van der Waals surface area (Å²) < 4.78 is 13.1. The number of aromatic nitrogens is 4. The Morgan fingerprint density at radius 1 is 1.31 bits per heavy atom. The van der Waals surface area contributed by atoms with Gasteiger partial charge in [-0.2, -0.15) is 0 Å². The van der Waals surface area contributed by atoms with Crippen molar-refractivity contribution >= 4 is 17.1 Å². The predicted molar refractivity (Wildman–Crippen MR) is 104 cm³/mol. The van der Waals surface area contributed by atoms with E-state index in [-0.39, 0.29) is 29.1 Å². The van der Waals surface area contributed by atoms with E-state index < -0.39 is 17.2 Å². The fourth-order valence-electron chi connectivity index (χ4n) is 2.96. The van der Waals surface area contributed by atoms with Crippen LogP contribution >= 0.6 is 0 Å². The number of fused-ring (bicyclic) bond motifs is 1. The Morgan fingerprint density at radius 2 is 2.07 bits per heavy atom. The molecule has 0 radical (unpaired) electrons. The summed E-state index contributed by atoms with van der Waals surface area (Å²) in [6, 6.07) is 4.22. The van der Waals surface area contributed by atoms with Gasteiger partial charge in [-0.1, -0.05) is 13.3 Å². The number of hydrogen-bond donors (Lipinski definition) is 2. The zero-order valence-electron chi connectivity index (χ0n) is 16.4. The maximum absolute atomic E-state index is 12.3. The SMILES string of the molecule is CCCCn1c(=O)[nH]c(=O)c2c1nc(COC(=O)c1ccc(OC)cc1O)n2C. The minimum absolute atomic E-state index is 0.0257. The quantitative estimate of drug-likeness (QED) is 0.570. The van der Waals surface area contributed by atoms with Crippen LogP contribution < -0.4 is 16.0 Å². The molecule has 10 nitrogen and oxygen atoms in total. The zero-order chi connectivity index (χ0) is 21.1. The minimum Gasteiger partial charge on any atom is -0.507 e. The number of ether oxygens (including phenoxy) is 2. The molecule has 29 heavy (non-hydrogen) atoms. The van der Waals surface area contributed by atoms with Crippen molar-refractivity contribution in [3.05, 3.63) is 50.4 Å². The van der Waals surface area contributed by atoms with Crippen LogP contribution in [0.3, 0.4) is 0 Å². The van der Waals surface area contributed by atoms with Crippen molar-refractivity contribution in [1.29, 1.82) is 0 Å². The van der Waals surface area contributed by atoms with Gasteiger partial charge >= 0.3 is 11.7 Å². The third kappa shape index (κ3) is 3.86. The highest BCUT2D eigenvalue weighted by Gasteiger charge is 2.19. The van der Waals surface area contributed by atoms with Crippen molar-refractivity contribution in [2.24, 2.45) is 7.05 Å². The van der Waals surface area contributed by atoms with Crippen LogP contribution in [0.4, 0.5) is 0 Å². The fourth-order valence-corrected chi connectivity index (χ4v) is 2.96. The molecule has 0 amide bonds. The molecule has 10 heteroatoms. The Bertz CT molecular complexity index is 1170. The summed E-state index contributed by atoms with van der Waals surface area (Å²) in [7, 11) is 3.05. The van der Waals surface area contributed by atoms with Gasteiger partial charge in [0.1, 0.15) is 29.5 Å². The van der Waals surface area contributed by atoms with Gasteiger partial charge in [-0.25, -0.2) is 14.6 Å². The zero-order valence-corrected chi connectivity index (χ0v) is 16.4. The molecule has 0 fully saturated rings. The van der Waals surface area contributed by atoms with Gasteiger partial charge in [0, 0.05) is 19.7 Å². The summed E-state index contributed by atoms with van der Waals surface area (Å²) in [5.74, 6) is -0.333. The molecule has 2 heterocycles. The average molecular weight is 402 g/mol. The Kier molecular flexibility index (Phi) is 5.71. The van der Waals surface area contributed by atoms with Crippen LogP contribution in [0.1, 0.15) is 35.9 Å². The van der Waals surface area contributed by atoms with E-state index in [1.807, 2.05) is 6.92 Å². The molecule has 1 aromatic carbocycles. The van der Waals surface area contributed by atoms with Crippen LogP contribution in [0.5, 0.6) is 11.5 Å². The van der Waals surface area contributed by atoms with E-state index >= 15 is 0 Å². The standard InChI is InChI=1S/C19H22N4O6/c1-4-5-8-23-16-15(17(25)21-19(23)27)22(2)14(20-16)10-29-18(26)12-7-6-11(28-3)9-13(12)24/h6-7,9,24H,4-5,8,10H2,1-3H3,(H,21,25,27). The molecule has 0 bridgehead atoms. The number of carbonyl (C=O) groups excluding carboxylic acids is 1. The van der Waals surface area contributed by atoms with E-state index in [1.54, 1.807) is 7.05 Å². The normalized spacial score (nSPS) is 11.0. The topological polar surface area (TPSA) is 128 Å². The number of benzene rings is 1. The third-order valence-electron chi connectivity index (χ3n) is 4.60. The van der Waals surface area contributed by atoms with Crippen LogP contribution in [-0.2, 0) is 24.9 Å². The fraction of sp³-hybridized carbons (Fsp3) is 0.368. The van der Waals surface area contributed by atoms with E-state index in [2.05, 4.69) is 9.97 Å². The monoisotopic (exact) mass is 402 g/mol. The number of imidazole rings is 1. The number of esters is 1. The van der Waals surface area contributed by atoms with Crippen molar-refractivity contribution < 1.29 is 19.4 Å². The van der Waals surface area contributed by atoms with E-state index in [4.69, 9.17) is 9.47 Å². The first-order chi connectivity index (χ1) is 13.9. The molecule has 3 rings (SSSR count). The number of aromatic amines is 1. The molecule has 2 aromatic heterocycles. The smallest absolute Gasteiger partial charge is 0.342 e. The second kappa shape index (κ2) is 8.21. The maximum atomic E-state index is 12.3. The summed E-state index contributed by atoms with van der Waals surface area (Å²) in [5.41, 5.74) is -0.645. The number of carbonyl (C=O) groups is 1. The van der Waals surface area contributed by atoms with E-state index in [1.165, 1.54) is 34.4 Å². The average Bonchev–Trinajstić information content (AvgIpc) is 3.02. The van der Waals surface area contributed by atoms with Gasteiger partial charge in [-0.05, 0) is 18.6 Å². The van der Waals surface area contributed by atoms with Gasteiger partial charge < -0.3 is 19.1 Å². The summed E-state index contributed by atoms with van der Waals surface area (Å²) in [5, 5.41) is 9.96. The lowest BCUT2D eigenvalue weighted by molar-refractivity contribution is 0.0456. The summed E-state index contributed by atoms with van der Waals surface area (Å²) in [6.07, 6.45) is 1.62. The molecule has 0 aliphatic rings. The number of nitrogens with one attached hydrogen (secondary N) is 1. The molecule has 0 saturated carbocycles. The van der Waals surface area contributed by atoms with Gasteiger partial charge in [0.05, 0.1) is 7.11 Å². The number of H-pyrrole nitrogens is 1. The molecule has 0 aliphatic heterocycles. The van der Waals surface area contributed by atoms with Crippen LogP contribution in [0, 0.1) is 0 Å². The number of rotatable bonds is 7. The van der Waals surface area contributed by atoms with Gasteiger partial charge in [-0.15, -0.1) is 0 Å². The molecular weight excluding hydrogens is 380 g/mol. The predicted octanol–water partition coefficient (Wildman–Crippen LogP) is 1.29. The molecule has 0 spiro atoms. The molecule has 0 saturated heterocycles. The second-order valence-corrected chi connectivity index (χ2v) is 6.48. The lowest BCUT2D eigenvalue weighted by Crippen LogP contribution is -2.31. The van der Waals surface area contributed by atoms with Crippen molar-refractivity contribution in [3.63, 3.8) is 0 Å². The number of phenolic OH excluding ortho intramolecular Hbond substituents is 1. The molecular formula is C19H22N4O6. The number of unbranched alkanes of at least 4 members (excludes halogenated alkanes) is 1. The van der Waals surface area contributed by atoms with Crippen molar-refractivity contribution in [3.8, 4) is 11.5 Å². The highest BCUT2D eigenvalue weighted by Crippen LogP contribution is 2.24. The number of phenols is 1. The summed E-state index contributed by atoms with van der Waals surface area (Å²) in [6.45, 7) is 2.17. The second-order valence-electron chi connectivity index (χ2n) is 6.48. The maximum Gasteiger partial charge on any atom is 0.342 e.